The molecule has 0 bridgehead atoms. The number of nitrogen functional groups attached to an aromatic ring is 1. The minimum atomic E-state index is -0.358. The number of morpholine rings is 1. The van der Waals surface area contributed by atoms with Crippen molar-refractivity contribution in [2.24, 2.45) is 5.84 Å². The van der Waals surface area contributed by atoms with Crippen LogP contribution >= 0.6 is 11.3 Å². The first-order valence-electron chi connectivity index (χ1n) is 5.03. The molecule has 7 heteroatoms. The van der Waals surface area contributed by atoms with Gasteiger partial charge >= 0.3 is 0 Å². The van der Waals surface area contributed by atoms with Gasteiger partial charge in [-0.1, -0.05) is 0 Å². The third kappa shape index (κ3) is 2.31. The first-order chi connectivity index (χ1) is 7.70. The summed E-state index contributed by atoms with van der Waals surface area (Å²) in [7, 11) is 0. The Morgan fingerprint density at radius 3 is 3.31 bits per heavy atom. The smallest absolute Gasteiger partial charge is 0.284 e. The fraction of sp³-hybridized carbons (Fsp3) is 0.556. The Balaban J connectivity index is 2.09. The van der Waals surface area contributed by atoms with Gasteiger partial charge in [0.1, 0.15) is 5.69 Å². The zero-order valence-electron chi connectivity index (χ0n) is 8.97. The molecule has 1 atom stereocenters. The molecule has 1 aromatic rings. The van der Waals surface area contributed by atoms with E-state index in [0.717, 1.165) is 18.2 Å². The van der Waals surface area contributed by atoms with Crippen molar-refractivity contribution in [3.8, 4) is 0 Å². The minimum Gasteiger partial charge on any atom is -0.375 e. The highest BCUT2D eigenvalue weighted by Crippen LogP contribution is 2.22. The van der Waals surface area contributed by atoms with Gasteiger partial charge in [-0.3, -0.25) is 10.2 Å². The van der Waals surface area contributed by atoms with Gasteiger partial charge in [-0.2, -0.15) is 0 Å². The van der Waals surface area contributed by atoms with E-state index in [4.69, 9.17) is 10.6 Å². The summed E-state index contributed by atoms with van der Waals surface area (Å²) in [6.45, 7) is 4.32. The molecule has 1 unspecified atom stereocenters. The van der Waals surface area contributed by atoms with Crippen LogP contribution in [0.3, 0.4) is 0 Å². The first kappa shape index (κ1) is 11.3. The van der Waals surface area contributed by atoms with Crippen molar-refractivity contribution >= 4 is 22.4 Å². The predicted molar refractivity (Wildman–Crippen MR) is 61.4 cm³/mol. The Morgan fingerprint density at radius 1 is 1.81 bits per heavy atom. The van der Waals surface area contributed by atoms with E-state index in [1.54, 1.807) is 5.38 Å². The molecule has 2 heterocycles. The summed E-state index contributed by atoms with van der Waals surface area (Å²) in [5, 5.41) is 2.55. The van der Waals surface area contributed by atoms with E-state index in [1.807, 2.05) is 6.92 Å². The lowest BCUT2D eigenvalue weighted by Gasteiger charge is -2.30. The van der Waals surface area contributed by atoms with Gasteiger partial charge in [0.25, 0.3) is 5.91 Å². The van der Waals surface area contributed by atoms with Crippen LogP contribution < -0.4 is 16.2 Å². The number of nitrogens with one attached hydrogen (secondary N) is 1. The van der Waals surface area contributed by atoms with Crippen LogP contribution in [0.4, 0.5) is 5.13 Å². The summed E-state index contributed by atoms with van der Waals surface area (Å²) >= 11 is 1.44. The molecule has 6 nitrogen and oxygen atoms in total. The lowest BCUT2D eigenvalue weighted by Crippen LogP contribution is -2.41. The maximum Gasteiger partial charge on any atom is 0.284 e. The summed E-state index contributed by atoms with van der Waals surface area (Å²) < 4.78 is 5.44. The van der Waals surface area contributed by atoms with E-state index >= 15 is 0 Å². The summed E-state index contributed by atoms with van der Waals surface area (Å²) in [5.41, 5.74) is 2.43. The second kappa shape index (κ2) is 4.77. The Morgan fingerprint density at radius 2 is 2.62 bits per heavy atom. The van der Waals surface area contributed by atoms with Crippen molar-refractivity contribution in [1.82, 2.24) is 10.4 Å². The molecule has 0 aliphatic carbocycles. The Labute approximate surface area is 97.4 Å². The number of nitrogens with zero attached hydrogens (tertiary/aromatic N) is 2. The summed E-state index contributed by atoms with van der Waals surface area (Å²) in [5.74, 6) is 4.69. The molecule has 0 spiro atoms. The van der Waals surface area contributed by atoms with E-state index < -0.39 is 0 Å². The fourth-order valence-corrected chi connectivity index (χ4v) is 2.42. The second-order valence-electron chi connectivity index (χ2n) is 3.62. The van der Waals surface area contributed by atoms with Crippen molar-refractivity contribution in [3.05, 3.63) is 11.1 Å². The Kier molecular flexibility index (Phi) is 3.37. The van der Waals surface area contributed by atoms with E-state index in [-0.39, 0.29) is 12.0 Å². The van der Waals surface area contributed by atoms with Crippen LogP contribution in [0.1, 0.15) is 17.4 Å². The van der Waals surface area contributed by atoms with Gasteiger partial charge in [-0.05, 0) is 6.92 Å². The van der Waals surface area contributed by atoms with E-state index in [9.17, 15) is 4.79 Å². The summed E-state index contributed by atoms with van der Waals surface area (Å²) in [6.07, 6.45) is 0.199. The van der Waals surface area contributed by atoms with Crippen molar-refractivity contribution in [2.75, 3.05) is 24.6 Å². The SMILES string of the molecule is CC1CN(c2nc(C(=O)NN)cs2)CCO1. The van der Waals surface area contributed by atoms with Crippen LogP contribution in [0.2, 0.25) is 0 Å². The van der Waals surface area contributed by atoms with Crippen LogP contribution in [0.5, 0.6) is 0 Å². The third-order valence-corrected chi connectivity index (χ3v) is 3.27. The highest BCUT2D eigenvalue weighted by molar-refractivity contribution is 7.13. The van der Waals surface area contributed by atoms with Gasteiger partial charge in [0.05, 0.1) is 12.7 Å². The van der Waals surface area contributed by atoms with Crippen LogP contribution in [0, 0.1) is 0 Å². The average Bonchev–Trinajstić information content (AvgIpc) is 2.77. The molecule has 1 amide bonds. The zero-order valence-corrected chi connectivity index (χ0v) is 9.79. The fourth-order valence-electron chi connectivity index (χ4n) is 1.58. The molecule has 1 saturated heterocycles. The molecule has 1 aromatic heterocycles. The zero-order chi connectivity index (χ0) is 11.5. The number of nitrogens with two attached hydrogens (primary N) is 1. The molecule has 1 aliphatic rings. The quantitative estimate of drug-likeness (QED) is 0.432. The standard InChI is InChI=1S/C9H14N4O2S/c1-6-4-13(2-3-15-6)9-11-7(5-16-9)8(14)12-10/h5-6H,2-4,10H2,1H3,(H,12,14). The van der Waals surface area contributed by atoms with Gasteiger partial charge in [-0.15, -0.1) is 11.3 Å². The van der Waals surface area contributed by atoms with Gasteiger partial charge in [0.2, 0.25) is 0 Å². The van der Waals surface area contributed by atoms with Crippen LogP contribution in [-0.2, 0) is 4.74 Å². The third-order valence-electron chi connectivity index (χ3n) is 2.37. The maximum atomic E-state index is 11.2. The summed E-state index contributed by atoms with van der Waals surface area (Å²) in [6, 6.07) is 0. The largest absolute Gasteiger partial charge is 0.375 e. The van der Waals surface area contributed by atoms with Crippen molar-refractivity contribution < 1.29 is 9.53 Å². The van der Waals surface area contributed by atoms with Crippen LogP contribution in [-0.4, -0.2) is 36.7 Å². The summed E-state index contributed by atoms with van der Waals surface area (Å²) in [4.78, 5) is 17.6. The Hall–Kier alpha value is -1.18. The van der Waals surface area contributed by atoms with E-state index in [1.165, 1.54) is 11.3 Å². The number of ether oxygens (including phenoxy) is 1. The number of rotatable bonds is 2. The highest BCUT2D eigenvalue weighted by Gasteiger charge is 2.20. The lowest BCUT2D eigenvalue weighted by atomic mass is 10.3. The minimum absolute atomic E-state index is 0.199. The molecule has 1 fully saturated rings. The molecule has 3 N–H and O–H groups in total. The number of anilines is 1. The van der Waals surface area contributed by atoms with Crippen molar-refractivity contribution in [3.63, 3.8) is 0 Å². The number of carbonyl (C=O) groups is 1. The van der Waals surface area contributed by atoms with E-state index in [0.29, 0.717) is 12.3 Å². The van der Waals surface area contributed by atoms with Crippen LogP contribution in [0.25, 0.3) is 0 Å². The lowest BCUT2D eigenvalue weighted by molar-refractivity contribution is 0.0532. The molecule has 88 valence electrons. The van der Waals surface area contributed by atoms with E-state index in [2.05, 4.69) is 15.3 Å². The van der Waals surface area contributed by atoms with Crippen LogP contribution in [0.15, 0.2) is 5.38 Å². The molecule has 0 aromatic carbocycles. The highest BCUT2D eigenvalue weighted by atomic mass is 32.1. The number of carbonyl (C=O) groups excluding carboxylic acids is 1. The molecular weight excluding hydrogens is 228 g/mol. The maximum absolute atomic E-state index is 11.2. The number of hydrogen-bond acceptors (Lipinski definition) is 6. The van der Waals surface area contributed by atoms with Gasteiger partial charge in [-0.25, -0.2) is 10.8 Å². The monoisotopic (exact) mass is 242 g/mol. The molecular formula is C9H14N4O2S. The van der Waals surface area contributed by atoms with Crippen molar-refractivity contribution in [1.29, 1.82) is 0 Å². The molecule has 2 rings (SSSR count). The molecule has 0 saturated carbocycles. The van der Waals surface area contributed by atoms with Gasteiger partial charge in [0, 0.05) is 18.5 Å². The number of aromatic nitrogens is 1. The molecule has 16 heavy (non-hydrogen) atoms. The normalized spacial score (nSPS) is 20.9. The number of amides is 1. The molecule has 0 radical (unpaired) electrons. The number of thiazole rings is 1. The van der Waals surface area contributed by atoms with Gasteiger partial charge < -0.3 is 9.64 Å². The Bertz CT molecular complexity index is 381. The average molecular weight is 242 g/mol. The number of hydrogen-bond donors (Lipinski definition) is 2. The molecule has 1 aliphatic heterocycles. The van der Waals surface area contributed by atoms with Gasteiger partial charge in [0.15, 0.2) is 5.13 Å². The van der Waals surface area contributed by atoms with Crippen molar-refractivity contribution in [2.45, 2.75) is 13.0 Å². The topological polar surface area (TPSA) is 80.5 Å². The second-order valence-corrected chi connectivity index (χ2v) is 4.45. The predicted octanol–water partition coefficient (Wildman–Crippen LogP) is -0.0283. The number of hydrazine groups is 1. The first-order valence-corrected chi connectivity index (χ1v) is 5.91.